The van der Waals surface area contributed by atoms with Crippen molar-refractivity contribution in [2.24, 2.45) is 7.05 Å². The Morgan fingerprint density at radius 2 is 1.92 bits per heavy atom. The normalized spacial score (nSPS) is 18.5. The smallest absolute Gasteiger partial charge is 0.373 e. The van der Waals surface area contributed by atoms with Crippen LogP contribution in [0.3, 0.4) is 0 Å². The van der Waals surface area contributed by atoms with Gasteiger partial charge in [0.2, 0.25) is 5.56 Å². The number of ether oxygens (including phenoxy) is 1. The number of hydrogen-bond acceptors (Lipinski definition) is 6. The average Bonchev–Trinajstić information content (AvgIpc) is 2.84. The van der Waals surface area contributed by atoms with E-state index in [0.717, 1.165) is 17.7 Å². The van der Waals surface area contributed by atoms with E-state index in [4.69, 9.17) is 4.74 Å². The van der Waals surface area contributed by atoms with Gasteiger partial charge in [0.25, 0.3) is 0 Å². The first-order valence-corrected chi connectivity index (χ1v) is 11.3. The summed E-state index contributed by atoms with van der Waals surface area (Å²) >= 11 is 0. The number of nitrogens with zero attached hydrogens (tertiary/aromatic N) is 5. The van der Waals surface area contributed by atoms with Crippen molar-refractivity contribution < 1.29 is 22.3 Å². The Labute approximate surface area is 202 Å². The number of alkyl halides is 3. The van der Waals surface area contributed by atoms with E-state index in [2.05, 4.69) is 19.9 Å². The molecular formula is C25H21F4N5O2. The van der Waals surface area contributed by atoms with Crippen LogP contribution in [0.5, 0.6) is 0 Å². The zero-order valence-electron chi connectivity index (χ0n) is 19.4. The Kier molecular flexibility index (Phi) is 6.03. The second-order valence-electron chi connectivity index (χ2n) is 8.80. The van der Waals surface area contributed by atoms with Crippen LogP contribution in [-0.4, -0.2) is 31.1 Å². The highest BCUT2D eigenvalue weighted by atomic mass is 19.4. The summed E-state index contributed by atoms with van der Waals surface area (Å²) < 4.78 is 61.6. The summed E-state index contributed by atoms with van der Waals surface area (Å²) in [5, 5.41) is 0. The van der Waals surface area contributed by atoms with Crippen molar-refractivity contribution in [3.63, 3.8) is 0 Å². The van der Waals surface area contributed by atoms with E-state index in [1.54, 1.807) is 26.2 Å². The van der Waals surface area contributed by atoms with E-state index in [1.807, 2.05) is 0 Å². The average molecular weight is 499 g/mol. The number of halogens is 4. The minimum absolute atomic E-state index is 0.0823. The van der Waals surface area contributed by atoms with Crippen molar-refractivity contribution in [1.29, 1.82) is 0 Å². The van der Waals surface area contributed by atoms with E-state index in [9.17, 15) is 22.4 Å². The standard InChI is InChI=1S/C25H21F4N5O2/c1-13-11-30-22-21(17-5-4-16(10-18(17)26)25(27,28)29)32-23(33-24(22)31-13)14-7-8-36-19(9-14)15-3-6-20(35)34(2)12-15/h3-6,10-12,14,19H,7-9H2,1-2H3. The summed E-state index contributed by atoms with van der Waals surface area (Å²) in [6, 6.07) is 5.52. The third kappa shape index (κ3) is 4.58. The second kappa shape index (κ2) is 9.05. The summed E-state index contributed by atoms with van der Waals surface area (Å²) in [6.45, 7) is 2.14. The van der Waals surface area contributed by atoms with Gasteiger partial charge in [-0.1, -0.05) is 0 Å². The predicted molar refractivity (Wildman–Crippen MR) is 123 cm³/mol. The molecule has 4 aromatic rings. The summed E-state index contributed by atoms with van der Waals surface area (Å²) in [6.07, 6.45) is -0.715. The first-order chi connectivity index (χ1) is 17.1. The summed E-state index contributed by atoms with van der Waals surface area (Å²) in [5.41, 5.74) is 0.586. The number of hydrogen-bond donors (Lipinski definition) is 0. The quantitative estimate of drug-likeness (QED) is 0.374. The molecule has 1 aromatic carbocycles. The van der Waals surface area contributed by atoms with Crippen molar-refractivity contribution in [1.82, 2.24) is 24.5 Å². The molecule has 36 heavy (non-hydrogen) atoms. The highest BCUT2D eigenvalue weighted by molar-refractivity contribution is 5.87. The first-order valence-electron chi connectivity index (χ1n) is 11.3. The number of aryl methyl sites for hydroxylation is 2. The molecule has 1 aliphatic rings. The molecule has 5 rings (SSSR count). The van der Waals surface area contributed by atoms with Gasteiger partial charge < -0.3 is 9.30 Å². The van der Waals surface area contributed by atoms with E-state index < -0.39 is 17.6 Å². The summed E-state index contributed by atoms with van der Waals surface area (Å²) in [5.74, 6) is -0.869. The summed E-state index contributed by atoms with van der Waals surface area (Å²) in [7, 11) is 1.66. The molecular weight excluding hydrogens is 478 g/mol. The van der Waals surface area contributed by atoms with Crippen molar-refractivity contribution in [3.05, 3.63) is 81.5 Å². The SMILES string of the molecule is Cc1cnc2c(-c3ccc(C(F)(F)F)cc3F)nc(C3CCOC(c4ccc(=O)n(C)c4)C3)nc2n1. The molecule has 0 aliphatic carbocycles. The van der Waals surface area contributed by atoms with Crippen LogP contribution in [0.4, 0.5) is 17.6 Å². The van der Waals surface area contributed by atoms with Crippen LogP contribution in [0.25, 0.3) is 22.4 Å². The van der Waals surface area contributed by atoms with Gasteiger partial charge in [-0.3, -0.25) is 4.79 Å². The monoisotopic (exact) mass is 499 g/mol. The molecule has 1 fully saturated rings. The molecule has 2 unspecified atom stereocenters. The maximum Gasteiger partial charge on any atom is 0.416 e. The zero-order chi connectivity index (χ0) is 25.6. The van der Waals surface area contributed by atoms with Crippen LogP contribution in [0.1, 0.15) is 47.5 Å². The van der Waals surface area contributed by atoms with E-state index >= 15 is 0 Å². The number of rotatable bonds is 3. The Hall–Kier alpha value is -3.73. The van der Waals surface area contributed by atoms with Gasteiger partial charge >= 0.3 is 6.18 Å². The van der Waals surface area contributed by atoms with Crippen LogP contribution in [0.15, 0.2) is 47.5 Å². The molecule has 1 aliphatic heterocycles. The van der Waals surface area contributed by atoms with Gasteiger partial charge in [-0.2, -0.15) is 13.2 Å². The molecule has 0 radical (unpaired) electrons. The number of pyridine rings is 1. The first kappa shape index (κ1) is 24.0. The molecule has 0 spiro atoms. The van der Waals surface area contributed by atoms with Gasteiger partial charge in [0, 0.05) is 43.6 Å². The molecule has 2 atom stereocenters. The van der Waals surface area contributed by atoms with Crippen LogP contribution in [0.2, 0.25) is 0 Å². The van der Waals surface area contributed by atoms with E-state index in [0.29, 0.717) is 37.0 Å². The molecule has 11 heteroatoms. The number of fused-ring (bicyclic) bond motifs is 1. The lowest BCUT2D eigenvalue weighted by atomic mass is 9.91. The van der Waals surface area contributed by atoms with Gasteiger partial charge in [-0.15, -0.1) is 0 Å². The van der Waals surface area contributed by atoms with Gasteiger partial charge in [-0.05, 0) is 49.6 Å². The fourth-order valence-electron chi connectivity index (χ4n) is 4.33. The lowest BCUT2D eigenvalue weighted by Crippen LogP contribution is -2.23. The van der Waals surface area contributed by atoms with Crippen molar-refractivity contribution >= 4 is 11.2 Å². The fraction of sp³-hybridized carbons (Fsp3) is 0.320. The number of benzene rings is 1. The van der Waals surface area contributed by atoms with Crippen molar-refractivity contribution in [3.8, 4) is 11.3 Å². The molecule has 4 heterocycles. The Morgan fingerprint density at radius 1 is 1.11 bits per heavy atom. The van der Waals surface area contributed by atoms with Crippen LogP contribution in [0, 0.1) is 12.7 Å². The van der Waals surface area contributed by atoms with Crippen LogP contribution < -0.4 is 5.56 Å². The molecule has 0 saturated carbocycles. The maximum absolute atomic E-state index is 14.9. The highest BCUT2D eigenvalue weighted by Crippen LogP contribution is 2.38. The van der Waals surface area contributed by atoms with E-state index in [-0.39, 0.29) is 40.0 Å². The van der Waals surface area contributed by atoms with E-state index in [1.165, 1.54) is 16.8 Å². The number of aromatic nitrogens is 5. The minimum atomic E-state index is -4.67. The molecule has 3 aromatic heterocycles. The van der Waals surface area contributed by atoms with Crippen molar-refractivity contribution in [2.75, 3.05) is 6.61 Å². The molecule has 0 N–H and O–H groups in total. The Balaban J connectivity index is 1.58. The predicted octanol–water partition coefficient (Wildman–Crippen LogP) is 4.89. The van der Waals surface area contributed by atoms with Crippen LogP contribution in [-0.2, 0) is 18.0 Å². The molecule has 186 valence electrons. The van der Waals surface area contributed by atoms with Crippen LogP contribution >= 0.6 is 0 Å². The molecule has 0 amide bonds. The summed E-state index contributed by atoms with van der Waals surface area (Å²) in [4.78, 5) is 29.7. The van der Waals surface area contributed by atoms with Gasteiger partial charge in [0.05, 0.1) is 17.4 Å². The van der Waals surface area contributed by atoms with Gasteiger partial charge in [0.15, 0.2) is 5.65 Å². The van der Waals surface area contributed by atoms with Gasteiger partial charge in [0.1, 0.15) is 22.9 Å². The molecule has 7 nitrogen and oxygen atoms in total. The minimum Gasteiger partial charge on any atom is -0.373 e. The highest BCUT2D eigenvalue weighted by Gasteiger charge is 2.32. The van der Waals surface area contributed by atoms with Gasteiger partial charge in [-0.25, -0.2) is 24.3 Å². The maximum atomic E-state index is 14.9. The second-order valence-corrected chi connectivity index (χ2v) is 8.80. The molecule has 0 bridgehead atoms. The lowest BCUT2D eigenvalue weighted by Gasteiger charge is -2.29. The third-order valence-corrected chi connectivity index (χ3v) is 6.23. The zero-order valence-corrected chi connectivity index (χ0v) is 19.4. The van der Waals surface area contributed by atoms with Crippen molar-refractivity contribution in [2.45, 2.75) is 38.0 Å². The Bertz CT molecular complexity index is 1520. The fourth-order valence-corrected chi connectivity index (χ4v) is 4.33. The lowest BCUT2D eigenvalue weighted by molar-refractivity contribution is -0.137. The largest absolute Gasteiger partial charge is 0.416 e. The Morgan fingerprint density at radius 3 is 2.64 bits per heavy atom. The third-order valence-electron chi connectivity index (χ3n) is 6.23. The molecule has 1 saturated heterocycles. The topological polar surface area (TPSA) is 82.8 Å².